The Bertz CT molecular complexity index is 862. The van der Waals surface area contributed by atoms with Gasteiger partial charge in [0.1, 0.15) is 11.8 Å². The molecule has 2 heterocycles. The number of carbonyl (C=O) groups is 2. The summed E-state index contributed by atoms with van der Waals surface area (Å²) in [5.41, 5.74) is 1.70. The predicted octanol–water partition coefficient (Wildman–Crippen LogP) is 2.63. The Hall–Kier alpha value is -2.64. The van der Waals surface area contributed by atoms with Crippen LogP contribution in [0.4, 0.5) is 0 Å². The summed E-state index contributed by atoms with van der Waals surface area (Å²) < 4.78 is 5.54. The molecule has 8 heteroatoms. The Labute approximate surface area is 169 Å². The Morgan fingerprint density at radius 3 is 2.50 bits per heavy atom. The van der Waals surface area contributed by atoms with Gasteiger partial charge in [0.15, 0.2) is 0 Å². The topological polar surface area (TPSA) is 69.4 Å². The molecular formula is C20H23ClN4O3. The highest BCUT2D eigenvalue weighted by molar-refractivity contribution is 6.30. The van der Waals surface area contributed by atoms with Crippen molar-refractivity contribution in [1.82, 2.24) is 14.8 Å². The van der Waals surface area contributed by atoms with Crippen LogP contribution in [0.1, 0.15) is 23.8 Å². The zero-order chi connectivity index (χ0) is 20.3. The van der Waals surface area contributed by atoms with Crippen LogP contribution in [0.25, 0.3) is 0 Å². The summed E-state index contributed by atoms with van der Waals surface area (Å²) in [5.74, 6) is 0.414. The van der Waals surface area contributed by atoms with Crippen LogP contribution in [0.5, 0.6) is 0 Å². The molecule has 0 unspecified atom stereocenters. The minimum absolute atomic E-state index is 0.0651. The van der Waals surface area contributed by atoms with E-state index in [1.165, 1.54) is 9.91 Å². The molecule has 0 saturated heterocycles. The van der Waals surface area contributed by atoms with Crippen molar-refractivity contribution in [3.63, 3.8) is 0 Å². The molecule has 0 radical (unpaired) electrons. The largest absolute Gasteiger partial charge is 0.467 e. The second kappa shape index (κ2) is 8.58. The van der Waals surface area contributed by atoms with Gasteiger partial charge < -0.3 is 9.32 Å². The molecule has 0 spiro atoms. The Morgan fingerprint density at radius 1 is 1.18 bits per heavy atom. The molecule has 148 valence electrons. The lowest BCUT2D eigenvalue weighted by atomic mass is 10.0. The first-order chi connectivity index (χ1) is 13.3. The molecule has 0 fully saturated rings. The molecule has 28 heavy (non-hydrogen) atoms. The first-order valence-corrected chi connectivity index (χ1v) is 9.30. The van der Waals surface area contributed by atoms with Crippen LogP contribution in [-0.4, -0.2) is 66.6 Å². The maximum Gasteiger partial charge on any atom is 0.257 e. The molecule has 1 aromatic carbocycles. The second-order valence-corrected chi connectivity index (χ2v) is 7.42. The smallest absolute Gasteiger partial charge is 0.257 e. The normalized spacial score (nSPS) is 16.4. The highest BCUT2D eigenvalue weighted by Crippen LogP contribution is 2.33. The van der Waals surface area contributed by atoms with Crippen molar-refractivity contribution in [1.29, 1.82) is 0 Å². The summed E-state index contributed by atoms with van der Waals surface area (Å²) in [6, 6.07) is 10.7. The number of rotatable bonds is 6. The van der Waals surface area contributed by atoms with Gasteiger partial charge in [-0.1, -0.05) is 23.7 Å². The number of hydrazone groups is 1. The molecule has 0 saturated carbocycles. The Balaban J connectivity index is 1.78. The first-order valence-electron chi connectivity index (χ1n) is 8.92. The van der Waals surface area contributed by atoms with Crippen LogP contribution in [-0.2, 0) is 9.59 Å². The lowest BCUT2D eigenvalue weighted by Crippen LogP contribution is -2.41. The van der Waals surface area contributed by atoms with Crippen molar-refractivity contribution in [3.05, 3.63) is 59.0 Å². The number of hydrogen-bond acceptors (Lipinski definition) is 5. The van der Waals surface area contributed by atoms with Gasteiger partial charge in [-0.15, -0.1) is 0 Å². The number of carbonyl (C=O) groups excluding carboxylic acids is 2. The fourth-order valence-electron chi connectivity index (χ4n) is 2.99. The quantitative estimate of drug-likeness (QED) is 0.744. The van der Waals surface area contributed by atoms with Crippen LogP contribution in [0.2, 0.25) is 5.02 Å². The van der Waals surface area contributed by atoms with Crippen molar-refractivity contribution in [2.45, 2.75) is 12.5 Å². The summed E-state index contributed by atoms with van der Waals surface area (Å²) in [7, 11) is 5.11. The maximum absolute atomic E-state index is 12.9. The number of likely N-dealkylation sites (N-methyl/N-ethyl adjacent to an activating group) is 2. The van der Waals surface area contributed by atoms with Crippen molar-refractivity contribution in [2.24, 2.45) is 5.10 Å². The minimum atomic E-state index is -0.314. The van der Waals surface area contributed by atoms with Gasteiger partial charge in [-0.25, -0.2) is 5.01 Å². The molecule has 1 aromatic heterocycles. The van der Waals surface area contributed by atoms with Gasteiger partial charge in [-0.05, 0) is 36.9 Å². The molecule has 2 amide bonds. The molecule has 1 aliphatic rings. The van der Waals surface area contributed by atoms with Gasteiger partial charge in [-0.2, -0.15) is 5.10 Å². The number of halogens is 1. The maximum atomic E-state index is 12.9. The molecule has 0 bridgehead atoms. The van der Waals surface area contributed by atoms with Gasteiger partial charge in [-0.3, -0.25) is 14.5 Å². The highest BCUT2D eigenvalue weighted by atomic mass is 35.5. The van der Waals surface area contributed by atoms with Crippen LogP contribution in [0.15, 0.2) is 52.2 Å². The minimum Gasteiger partial charge on any atom is -0.467 e. The standard InChI is InChI=1S/C20H23ClN4O3/c1-23(2)19(26)12-24(3)13-20(27)25-17(18-5-4-10-28-18)11-16(22-25)14-6-8-15(21)9-7-14/h4-10,17H,11-13H2,1-3H3/t17-/m0/s1. The summed E-state index contributed by atoms with van der Waals surface area (Å²) in [4.78, 5) is 28.0. The van der Waals surface area contributed by atoms with Gasteiger partial charge >= 0.3 is 0 Å². The van der Waals surface area contributed by atoms with E-state index in [0.717, 1.165) is 11.3 Å². The number of nitrogens with zero attached hydrogens (tertiary/aromatic N) is 4. The first kappa shape index (κ1) is 20.1. The average Bonchev–Trinajstić information content (AvgIpc) is 3.31. The summed E-state index contributed by atoms with van der Waals surface area (Å²) >= 11 is 5.97. The Kier molecular flexibility index (Phi) is 6.16. The van der Waals surface area contributed by atoms with Crippen LogP contribution < -0.4 is 0 Å². The number of hydrogen-bond donors (Lipinski definition) is 0. The third-order valence-corrected chi connectivity index (χ3v) is 4.78. The van der Waals surface area contributed by atoms with Crippen LogP contribution >= 0.6 is 11.6 Å². The third-order valence-electron chi connectivity index (χ3n) is 4.52. The number of benzene rings is 1. The molecule has 0 N–H and O–H groups in total. The van der Waals surface area contributed by atoms with Gasteiger partial charge in [0.2, 0.25) is 5.91 Å². The third kappa shape index (κ3) is 4.61. The van der Waals surface area contributed by atoms with Gasteiger partial charge in [0.25, 0.3) is 5.91 Å². The van der Waals surface area contributed by atoms with E-state index in [9.17, 15) is 9.59 Å². The highest BCUT2D eigenvalue weighted by Gasteiger charge is 2.35. The molecule has 0 aliphatic carbocycles. The molecule has 1 atom stereocenters. The predicted molar refractivity (Wildman–Crippen MR) is 107 cm³/mol. The van der Waals surface area contributed by atoms with Crippen molar-refractivity contribution >= 4 is 29.1 Å². The summed E-state index contributed by atoms with van der Waals surface area (Å²) in [6.45, 7) is 0.236. The van der Waals surface area contributed by atoms with E-state index >= 15 is 0 Å². The Morgan fingerprint density at radius 2 is 1.89 bits per heavy atom. The molecular weight excluding hydrogens is 380 g/mol. The van der Waals surface area contributed by atoms with E-state index in [1.54, 1.807) is 50.5 Å². The van der Waals surface area contributed by atoms with Gasteiger partial charge in [0.05, 0.1) is 25.1 Å². The van der Waals surface area contributed by atoms with Gasteiger partial charge in [0, 0.05) is 25.5 Å². The van der Waals surface area contributed by atoms with Crippen molar-refractivity contribution < 1.29 is 14.0 Å². The van der Waals surface area contributed by atoms with Crippen molar-refractivity contribution in [3.8, 4) is 0 Å². The molecule has 7 nitrogen and oxygen atoms in total. The monoisotopic (exact) mass is 402 g/mol. The molecule has 2 aromatic rings. The fraction of sp³-hybridized carbons (Fsp3) is 0.350. The summed E-state index contributed by atoms with van der Waals surface area (Å²) in [6.07, 6.45) is 2.13. The number of furan rings is 1. The van der Waals surface area contributed by atoms with Crippen LogP contribution in [0.3, 0.4) is 0 Å². The average molecular weight is 403 g/mol. The lowest BCUT2D eigenvalue weighted by Gasteiger charge is -2.23. The van der Waals surface area contributed by atoms with E-state index in [4.69, 9.17) is 16.0 Å². The van der Waals surface area contributed by atoms with E-state index in [1.807, 2.05) is 18.2 Å². The summed E-state index contributed by atoms with van der Waals surface area (Å²) in [5, 5.41) is 6.67. The number of amides is 2. The van der Waals surface area contributed by atoms with E-state index in [-0.39, 0.29) is 30.9 Å². The lowest BCUT2D eigenvalue weighted by molar-refractivity contribution is -0.135. The molecule has 1 aliphatic heterocycles. The SMILES string of the molecule is CN(CC(=O)N(C)C)CC(=O)N1N=C(c2ccc(Cl)cc2)C[C@H]1c1ccco1. The fourth-order valence-corrected chi connectivity index (χ4v) is 3.12. The zero-order valence-corrected chi connectivity index (χ0v) is 16.9. The van der Waals surface area contributed by atoms with E-state index < -0.39 is 0 Å². The van der Waals surface area contributed by atoms with E-state index in [0.29, 0.717) is 17.2 Å². The zero-order valence-electron chi connectivity index (χ0n) is 16.1. The van der Waals surface area contributed by atoms with Crippen LogP contribution in [0, 0.1) is 0 Å². The van der Waals surface area contributed by atoms with E-state index in [2.05, 4.69) is 5.10 Å². The van der Waals surface area contributed by atoms with Crippen molar-refractivity contribution in [2.75, 3.05) is 34.2 Å². The second-order valence-electron chi connectivity index (χ2n) is 6.99. The molecule has 3 rings (SSSR count).